The number of hydrogen-bond donors (Lipinski definition) is 0. The lowest BCUT2D eigenvalue weighted by Crippen LogP contribution is -2.02. The first kappa shape index (κ1) is 20.1. The summed E-state index contributed by atoms with van der Waals surface area (Å²) in [6, 6.07) is 22.2. The molecule has 0 N–H and O–H groups in total. The van der Waals surface area contributed by atoms with Crippen molar-refractivity contribution in [3.63, 3.8) is 0 Å². The molecule has 0 unspecified atom stereocenters. The van der Waals surface area contributed by atoms with Crippen LogP contribution in [0.3, 0.4) is 0 Å². The Morgan fingerprint density at radius 3 is 1.34 bits per heavy atom. The van der Waals surface area contributed by atoms with E-state index in [4.69, 9.17) is 0 Å². The lowest BCUT2D eigenvalue weighted by atomic mass is 9.90. The maximum absolute atomic E-state index is 4.12. The lowest BCUT2D eigenvalue weighted by molar-refractivity contribution is 0.917. The second-order valence-corrected chi connectivity index (χ2v) is 8.29. The smallest absolute Gasteiger partial charge is 0.0273 e. The van der Waals surface area contributed by atoms with E-state index in [-0.39, 0.29) is 0 Å². The van der Waals surface area contributed by atoms with Crippen molar-refractivity contribution in [3.8, 4) is 0 Å². The maximum atomic E-state index is 4.12. The van der Waals surface area contributed by atoms with Gasteiger partial charge in [0.1, 0.15) is 0 Å². The van der Waals surface area contributed by atoms with Crippen molar-refractivity contribution in [1.82, 2.24) is 9.97 Å². The second kappa shape index (κ2) is 9.57. The molecule has 0 aliphatic heterocycles. The molecule has 0 spiro atoms. The van der Waals surface area contributed by atoms with Crippen molar-refractivity contribution in [2.24, 2.45) is 0 Å². The van der Waals surface area contributed by atoms with E-state index in [1.807, 2.05) is 49.1 Å². The van der Waals surface area contributed by atoms with Crippen LogP contribution in [0.4, 0.5) is 0 Å². The average molecular weight is 415 g/mol. The van der Waals surface area contributed by atoms with Gasteiger partial charge in [0, 0.05) is 24.8 Å². The zero-order valence-electron chi connectivity index (χ0n) is 18.1. The van der Waals surface area contributed by atoms with Crippen molar-refractivity contribution in [2.75, 3.05) is 0 Å². The van der Waals surface area contributed by atoms with E-state index < -0.39 is 0 Å². The molecular formula is C30H26N2. The van der Waals surface area contributed by atoms with E-state index in [1.165, 1.54) is 44.5 Å². The molecule has 4 aliphatic rings. The van der Waals surface area contributed by atoms with Gasteiger partial charge in [-0.3, -0.25) is 9.97 Å². The van der Waals surface area contributed by atoms with Crippen molar-refractivity contribution in [1.29, 1.82) is 0 Å². The highest BCUT2D eigenvalue weighted by Crippen LogP contribution is 2.24. The van der Waals surface area contributed by atoms with Gasteiger partial charge in [0.25, 0.3) is 0 Å². The molecule has 0 atom stereocenters. The molecule has 32 heavy (non-hydrogen) atoms. The first-order valence-electron chi connectivity index (χ1n) is 11.2. The third-order valence-electron chi connectivity index (χ3n) is 6.11. The second-order valence-electron chi connectivity index (χ2n) is 8.29. The Morgan fingerprint density at radius 1 is 0.469 bits per heavy atom. The molecule has 0 amide bonds. The molecule has 4 aromatic rings. The number of benzene rings is 2. The fourth-order valence-corrected chi connectivity index (χ4v) is 4.24. The molecule has 2 heteroatoms. The van der Waals surface area contributed by atoms with E-state index in [9.17, 15) is 0 Å². The Kier molecular flexibility index (Phi) is 6.02. The Labute approximate surface area is 190 Å². The van der Waals surface area contributed by atoms with Crippen LogP contribution in [0, 0.1) is 0 Å². The van der Waals surface area contributed by atoms with Crippen LogP contribution in [-0.4, -0.2) is 9.97 Å². The number of nitrogens with zero attached hydrogens (tertiary/aromatic N) is 2. The Hall–Kier alpha value is -3.78. The minimum Gasteiger partial charge on any atom is -0.265 e. The van der Waals surface area contributed by atoms with Crippen LogP contribution in [-0.2, 0) is 25.7 Å². The van der Waals surface area contributed by atoms with Gasteiger partial charge in [-0.15, -0.1) is 0 Å². The molecule has 0 fully saturated rings. The van der Waals surface area contributed by atoms with Gasteiger partial charge in [0.15, 0.2) is 0 Å². The molecular weight excluding hydrogens is 388 g/mol. The predicted octanol–water partition coefficient (Wildman–Crippen LogP) is 6.70. The van der Waals surface area contributed by atoms with Gasteiger partial charge in [-0.05, 0) is 94.5 Å². The molecule has 2 heterocycles. The lowest BCUT2D eigenvalue weighted by Gasteiger charge is -2.15. The molecule has 0 radical (unpaired) electrons. The highest BCUT2D eigenvalue weighted by molar-refractivity contribution is 5.73. The number of rotatable bonds is 4. The van der Waals surface area contributed by atoms with Crippen molar-refractivity contribution >= 4 is 24.3 Å². The fourth-order valence-electron chi connectivity index (χ4n) is 4.24. The van der Waals surface area contributed by atoms with E-state index in [0.29, 0.717) is 0 Å². The summed E-state index contributed by atoms with van der Waals surface area (Å²) in [6.45, 7) is 0. The van der Waals surface area contributed by atoms with Crippen molar-refractivity contribution in [3.05, 3.63) is 130 Å². The highest BCUT2D eigenvalue weighted by atomic mass is 14.6. The predicted molar refractivity (Wildman–Crippen MR) is 134 cm³/mol. The number of pyridine rings is 2. The molecule has 2 aromatic heterocycles. The number of aryl methyl sites for hydroxylation is 4. The highest BCUT2D eigenvalue weighted by Gasteiger charge is 2.09. The van der Waals surface area contributed by atoms with Crippen LogP contribution in [0.15, 0.2) is 85.5 Å². The van der Waals surface area contributed by atoms with Crippen molar-refractivity contribution < 1.29 is 0 Å². The zero-order valence-corrected chi connectivity index (χ0v) is 18.1. The third-order valence-corrected chi connectivity index (χ3v) is 6.11. The first-order chi connectivity index (χ1) is 15.8. The summed E-state index contributed by atoms with van der Waals surface area (Å²) >= 11 is 0. The van der Waals surface area contributed by atoms with Gasteiger partial charge in [0.2, 0.25) is 0 Å². The Bertz CT molecular complexity index is 1150. The Balaban J connectivity index is 1.45. The molecule has 156 valence electrons. The molecule has 4 aliphatic carbocycles. The van der Waals surface area contributed by atoms with Gasteiger partial charge in [0.05, 0.1) is 0 Å². The topological polar surface area (TPSA) is 25.8 Å². The summed E-state index contributed by atoms with van der Waals surface area (Å²) in [5.74, 6) is 0. The number of aromatic nitrogens is 2. The summed E-state index contributed by atoms with van der Waals surface area (Å²) in [5, 5.41) is 0. The summed E-state index contributed by atoms with van der Waals surface area (Å²) in [7, 11) is 0. The minimum atomic E-state index is 1.02. The monoisotopic (exact) mass is 414 g/mol. The quantitative estimate of drug-likeness (QED) is 0.371. The molecule has 4 bridgehead atoms. The number of hydrogen-bond acceptors (Lipinski definition) is 2. The molecule has 0 saturated carbocycles. The van der Waals surface area contributed by atoms with Gasteiger partial charge < -0.3 is 0 Å². The first-order valence-corrected chi connectivity index (χ1v) is 11.2. The Morgan fingerprint density at radius 2 is 0.906 bits per heavy atom. The largest absolute Gasteiger partial charge is 0.265 e. The van der Waals surface area contributed by atoms with Crippen molar-refractivity contribution in [2.45, 2.75) is 25.7 Å². The zero-order chi connectivity index (χ0) is 21.6. The molecule has 2 nitrogen and oxygen atoms in total. The minimum absolute atomic E-state index is 1.02. The van der Waals surface area contributed by atoms with Gasteiger partial charge >= 0.3 is 0 Å². The van der Waals surface area contributed by atoms with Crippen LogP contribution in [0.1, 0.15) is 44.5 Å². The van der Waals surface area contributed by atoms with Crippen LogP contribution in [0.5, 0.6) is 0 Å². The molecule has 8 rings (SSSR count). The van der Waals surface area contributed by atoms with Crippen LogP contribution >= 0.6 is 0 Å². The van der Waals surface area contributed by atoms with Gasteiger partial charge in [-0.25, -0.2) is 0 Å². The summed E-state index contributed by atoms with van der Waals surface area (Å²) < 4.78 is 0. The fraction of sp³-hybridized carbons (Fsp3) is 0.133. The van der Waals surface area contributed by atoms with E-state index in [1.54, 1.807) is 0 Å². The molecule has 2 aromatic carbocycles. The summed E-state index contributed by atoms with van der Waals surface area (Å²) in [6.07, 6.45) is 20.4. The van der Waals surface area contributed by atoms with E-state index >= 15 is 0 Å². The maximum Gasteiger partial charge on any atom is 0.0273 e. The normalized spacial score (nSPS) is 13.5. The van der Waals surface area contributed by atoms with E-state index in [0.717, 1.165) is 25.7 Å². The third kappa shape index (κ3) is 4.92. The summed E-state index contributed by atoms with van der Waals surface area (Å²) in [5.41, 5.74) is 10.6. The van der Waals surface area contributed by atoms with Crippen LogP contribution in [0.2, 0.25) is 0 Å². The van der Waals surface area contributed by atoms with Gasteiger partial charge in [-0.2, -0.15) is 0 Å². The average Bonchev–Trinajstić information content (AvgIpc) is 2.84. The van der Waals surface area contributed by atoms with Crippen LogP contribution in [0.25, 0.3) is 24.3 Å². The standard InChI is InChI=1S/C30H26N2/c1-2-26-6-8-28(30(22-26)10-4-24-15-19-32-20-16-24)12-11-27-7-5-25(1)21-29(27)9-3-23-13-17-31-18-14-23/h3-10,13-22H,1-2,11-12H2/b9-3+,10-4+. The molecule has 0 saturated heterocycles. The SMILES string of the molecule is C(=C\c1cc2ccc1CCc1ccc(cc1/C=C/c1ccncc1)CC2)/c1ccncc1. The summed E-state index contributed by atoms with van der Waals surface area (Å²) in [4.78, 5) is 8.23. The van der Waals surface area contributed by atoms with Gasteiger partial charge in [-0.1, -0.05) is 60.7 Å². The van der Waals surface area contributed by atoms with Crippen LogP contribution < -0.4 is 0 Å². The van der Waals surface area contributed by atoms with E-state index in [2.05, 4.69) is 70.7 Å².